The molecule has 0 aromatic heterocycles. The summed E-state index contributed by atoms with van der Waals surface area (Å²) in [6.07, 6.45) is 1.15. The fourth-order valence-corrected chi connectivity index (χ4v) is 1.48. The van der Waals surface area contributed by atoms with E-state index in [-0.39, 0.29) is 11.1 Å². The van der Waals surface area contributed by atoms with Gasteiger partial charge in [0.1, 0.15) is 10.2 Å². The Labute approximate surface area is 118 Å². The topological polar surface area (TPSA) is 38.3 Å². The molecule has 0 heterocycles. The standard InChI is InChI=1S/C10H7Cl4NO2/c11-6-1-2-8(7(12)3-6)17-5-10(16)15-4-9(13)14/h1-4H,5H2,(H,15,16). The average molecular weight is 315 g/mol. The molecule has 0 atom stereocenters. The number of benzene rings is 1. The summed E-state index contributed by atoms with van der Waals surface area (Å²) >= 11 is 22.2. The number of ether oxygens (including phenoxy) is 1. The molecule has 1 aromatic carbocycles. The van der Waals surface area contributed by atoms with Crippen LogP contribution in [-0.4, -0.2) is 12.5 Å². The Kier molecular flexibility index (Phi) is 5.92. The molecule has 0 saturated carbocycles. The van der Waals surface area contributed by atoms with E-state index in [0.29, 0.717) is 15.8 Å². The van der Waals surface area contributed by atoms with Crippen LogP contribution in [-0.2, 0) is 4.79 Å². The van der Waals surface area contributed by atoms with Gasteiger partial charge in [-0.15, -0.1) is 0 Å². The Bertz CT molecular complexity index is 444. The number of hydrogen-bond acceptors (Lipinski definition) is 2. The van der Waals surface area contributed by atoms with E-state index in [4.69, 9.17) is 51.1 Å². The second-order valence-corrected chi connectivity index (χ2v) is 4.72. The summed E-state index contributed by atoms with van der Waals surface area (Å²) in [5.74, 6) is -0.0398. The number of nitrogens with one attached hydrogen (secondary N) is 1. The van der Waals surface area contributed by atoms with Crippen molar-refractivity contribution in [1.29, 1.82) is 0 Å². The first-order valence-corrected chi connectivity index (χ1v) is 5.88. The van der Waals surface area contributed by atoms with Gasteiger partial charge in [0.15, 0.2) is 6.61 Å². The van der Waals surface area contributed by atoms with Crippen molar-refractivity contribution in [2.24, 2.45) is 0 Å². The van der Waals surface area contributed by atoms with Crippen molar-refractivity contribution >= 4 is 52.3 Å². The van der Waals surface area contributed by atoms with Gasteiger partial charge in [-0.2, -0.15) is 0 Å². The normalized spacial score (nSPS) is 9.65. The molecule has 0 radical (unpaired) electrons. The van der Waals surface area contributed by atoms with E-state index in [9.17, 15) is 4.79 Å². The third kappa shape index (κ3) is 5.50. The summed E-state index contributed by atoms with van der Waals surface area (Å²) < 4.78 is 5.11. The molecular weight excluding hydrogens is 308 g/mol. The van der Waals surface area contributed by atoms with Gasteiger partial charge in [0.25, 0.3) is 5.91 Å². The minimum absolute atomic E-state index is 0.0529. The molecule has 3 nitrogen and oxygen atoms in total. The zero-order valence-electron chi connectivity index (χ0n) is 8.34. The van der Waals surface area contributed by atoms with E-state index in [1.165, 1.54) is 6.07 Å². The molecule has 0 aliphatic heterocycles. The highest BCUT2D eigenvalue weighted by atomic mass is 35.5. The second-order valence-electron chi connectivity index (χ2n) is 2.86. The summed E-state index contributed by atoms with van der Waals surface area (Å²) in [5, 5.41) is 3.14. The van der Waals surface area contributed by atoms with Crippen molar-refractivity contribution in [3.05, 3.63) is 38.9 Å². The molecule has 1 rings (SSSR count). The van der Waals surface area contributed by atoms with Crippen LogP contribution >= 0.6 is 46.4 Å². The first kappa shape index (κ1) is 14.5. The van der Waals surface area contributed by atoms with Gasteiger partial charge in [-0.1, -0.05) is 46.4 Å². The number of hydrogen-bond donors (Lipinski definition) is 1. The van der Waals surface area contributed by atoms with Crippen LogP contribution in [0.25, 0.3) is 0 Å². The molecule has 0 aliphatic rings. The summed E-state index contributed by atoms with van der Waals surface area (Å²) in [6.45, 7) is -0.209. The lowest BCUT2D eigenvalue weighted by molar-refractivity contribution is -0.122. The fourth-order valence-electron chi connectivity index (χ4n) is 0.912. The highest BCUT2D eigenvalue weighted by molar-refractivity contribution is 6.55. The van der Waals surface area contributed by atoms with E-state index in [2.05, 4.69) is 5.32 Å². The zero-order chi connectivity index (χ0) is 12.8. The smallest absolute Gasteiger partial charge is 0.261 e. The van der Waals surface area contributed by atoms with Crippen molar-refractivity contribution < 1.29 is 9.53 Å². The monoisotopic (exact) mass is 313 g/mol. The summed E-state index contributed by atoms with van der Waals surface area (Å²) in [6, 6.07) is 4.70. The molecule has 1 aromatic rings. The molecule has 92 valence electrons. The van der Waals surface area contributed by atoms with E-state index in [1.807, 2.05) is 0 Å². The highest BCUT2D eigenvalue weighted by Gasteiger charge is 2.05. The maximum atomic E-state index is 11.2. The Balaban J connectivity index is 2.50. The van der Waals surface area contributed by atoms with Gasteiger partial charge >= 0.3 is 0 Å². The molecule has 0 saturated heterocycles. The summed E-state index contributed by atoms with van der Waals surface area (Å²) in [7, 11) is 0. The lowest BCUT2D eigenvalue weighted by atomic mass is 10.3. The van der Waals surface area contributed by atoms with Crippen molar-refractivity contribution in [3.8, 4) is 5.75 Å². The van der Waals surface area contributed by atoms with Gasteiger partial charge in [-0.05, 0) is 18.2 Å². The summed E-state index contributed by atoms with van der Waals surface area (Å²) in [4.78, 5) is 11.2. The summed E-state index contributed by atoms with van der Waals surface area (Å²) in [5.41, 5.74) is 0. The maximum absolute atomic E-state index is 11.2. The largest absolute Gasteiger partial charge is 0.482 e. The minimum atomic E-state index is -0.408. The molecule has 0 spiro atoms. The van der Waals surface area contributed by atoms with Crippen molar-refractivity contribution in [3.63, 3.8) is 0 Å². The first-order chi connectivity index (χ1) is 7.99. The predicted octanol–water partition coefficient (Wildman–Crippen LogP) is 3.76. The number of carbonyl (C=O) groups excluding carboxylic acids is 1. The number of amides is 1. The van der Waals surface area contributed by atoms with Gasteiger partial charge < -0.3 is 10.1 Å². The van der Waals surface area contributed by atoms with Crippen LogP contribution in [0.1, 0.15) is 0 Å². The average Bonchev–Trinajstić information content (AvgIpc) is 2.25. The van der Waals surface area contributed by atoms with Crippen LogP contribution in [0.5, 0.6) is 5.75 Å². The Hall–Kier alpha value is -0.610. The third-order valence-corrected chi connectivity index (χ3v) is 2.34. The molecule has 1 N–H and O–H groups in total. The van der Waals surface area contributed by atoms with Crippen LogP contribution in [0.4, 0.5) is 0 Å². The Morgan fingerprint density at radius 3 is 2.65 bits per heavy atom. The third-order valence-electron chi connectivity index (χ3n) is 1.59. The number of rotatable bonds is 4. The minimum Gasteiger partial charge on any atom is -0.482 e. The van der Waals surface area contributed by atoms with E-state index >= 15 is 0 Å². The second kappa shape index (κ2) is 6.97. The number of carbonyl (C=O) groups is 1. The van der Waals surface area contributed by atoms with Gasteiger partial charge in [-0.3, -0.25) is 4.79 Å². The molecule has 0 bridgehead atoms. The predicted molar refractivity (Wildman–Crippen MR) is 69.9 cm³/mol. The van der Waals surface area contributed by atoms with Crippen LogP contribution in [0.15, 0.2) is 28.9 Å². The van der Waals surface area contributed by atoms with Crippen LogP contribution < -0.4 is 10.1 Å². The molecule has 17 heavy (non-hydrogen) atoms. The zero-order valence-corrected chi connectivity index (χ0v) is 11.4. The lowest BCUT2D eigenvalue weighted by Crippen LogP contribution is -2.24. The van der Waals surface area contributed by atoms with Gasteiger partial charge in [0.05, 0.1) is 5.02 Å². The SMILES string of the molecule is O=C(COc1ccc(Cl)cc1Cl)NC=C(Cl)Cl. The Morgan fingerprint density at radius 1 is 1.35 bits per heavy atom. The van der Waals surface area contributed by atoms with Crippen LogP contribution in [0.3, 0.4) is 0 Å². The lowest BCUT2D eigenvalue weighted by Gasteiger charge is -2.07. The van der Waals surface area contributed by atoms with E-state index in [1.54, 1.807) is 12.1 Å². The molecule has 0 fully saturated rings. The van der Waals surface area contributed by atoms with Crippen molar-refractivity contribution in [2.75, 3.05) is 6.61 Å². The highest BCUT2D eigenvalue weighted by Crippen LogP contribution is 2.27. The molecule has 0 unspecified atom stereocenters. The van der Waals surface area contributed by atoms with Crippen molar-refractivity contribution in [2.45, 2.75) is 0 Å². The first-order valence-electron chi connectivity index (χ1n) is 4.37. The van der Waals surface area contributed by atoms with Gasteiger partial charge in [0.2, 0.25) is 0 Å². The quantitative estimate of drug-likeness (QED) is 0.918. The molecular formula is C10H7Cl4NO2. The van der Waals surface area contributed by atoms with Gasteiger partial charge in [-0.25, -0.2) is 0 Å². The van der Waals surface area contributed by atoms with Gasteiger partial charge in [0, 0.05) is 11.2 Å². The molecule has 1 amide bonds. The maximum Gasteiger partial charge on any atom is 0.261 e. The molecule has 0 aliphatic carbocycles. The van der Waals surface area contributed by atoms with E-state index in [0.717, 1.165) is 6.20 Å². The number of halogens is 4. The van der Waals surface area contributed by atoms with Crippen molar-refractivity contribution in [1.82, 2.24) is 5.32 Å². The van der Waals surface area contributed by atoms with Crippen LogP contribution in [0.2, 0.25) is 10.0 Å². The van der Waals surface area contributed by atoms with Crippen LogP contribution in [0, 0.1) is 0 Å². The van der Waals surface area contributed by atoms with E-state index < -0.39 is 5.91 Å². The Morgan fingerprint density at radius 2 is 2.06 bits per heavy atom. The fraction of sp³-hybridized carbons (Fsp3) is 0.100. The molecule has 7 heteroatoms.